The van der Waals surface area contributed by atoms with Crippen molar-refractivity contribution in [1.29, 1.82) is 0 Å². The van der Waals surface area contributed by atoms with Crippen LogP contribution in [0.15, 0.2) is 165 Å². The Morgan fingerprint density at radius 3 is 1.48 bits per heavy atom. The molecule has 10 rings (SSSR count). The largest absolute Gasteiger partial charge is 0.456 e. The van der Waals surface area contributed by atoms with Crippen LogP contribution in [0, 0.1) is 0 Å². The van der Waals surface area contributed by atoms with E-state index in [1.807, 2.05) is 54.6 Å². The van der Waals surface area contributed by atoms with Crippen molar-refractivity contribution in [3.63, 3.8) is 0 Å². The summed E-state index contributed by atoms with van der Waals surface area (Å²) in [5.74, 6) is 0. The first kappa shape index (κ1) is 25.1. The molecule has 0 bridgehead atoms. The molecule has 46 heavy (non-hydrogen) atoms. The van der Waals surface area contributed by atoms with Crippen LogP contribution >= 0.6 is 0 Å². The average molecular weight is 592 g/mol. The molecule has 0 atom stereocenters. The molecule has 7 aromatic carbocycles. The zero-order valence-corrected chi connectivity index (χ0v) is 24.6. The van der Waals surface area contributed by atoms with Crippen LogP contribution in [-0.4, -0.2) is 0 Å². The van der Waals surface area contributed by atoms with Gasteiger partial charge in [-0.1, -0.05) is 91.0 Å². The Morgan fingerprint density at radius 2 is 0.870 bits per heavy atom. The minimum Gasteiger partial charge on any atom is -0.456 e. The number of anilines is 3. The highest BCUT2D eigenvalue weighted by molar-refractivity contribution is 6.17. The summed E-state index contributed by atoms with van der Waals surface area (Å²) < 4.78 is 19.5. The molecule has 0 amide bonds. The second-order valence-corrected chi connectivity index (χ2v) is 11.7. The van der Waals surface area contributed by atoms with Gasteiger partial charge in [-0.3, -0.25) is 0 Å². The fourth-order valence-electron chi connectivity index (χ4n) is 6.98. The lowest BCUT2D eigenvalue weighted by molar-refractivity contribution is 0.667. The van der Waals surface area contributed by atoms with Crippen LogP contribution in [-0.2, 0) is 0 Å². The molecule has 10 aromatic rings. The van der Waals surface area contributed by atoms with Gasteiger partial charge in [0, 0.05) is 44.5 Å². The number of nitrogens with zero attached hydrogens (tertiary/aromatic N) is 1. The highest BCUT2D eigenvalue weighted by Gasteiger charge is 2.23. The summed E-state index contributed by atoms with van der Waals surface area (Å²) in [4.78, 5) is 2.25. The van der Waals surface area contributed by atoms with Crippen molar-refractivity contribution in [1.82, 2.24) is 0 Å². The summed E-state index contributed by atoms with van der Waals surface area (Å²) in [5.41, 5.74) is 10.2. The van der Waals surface area contributed by atoms with Gasteiger partial charge < -0.3 is 18.2 Å². The quantitative estimate of drug-likeness (QED) is 0.204. The highest BCUT2D eigenvalue weighted by Crippen LogP contribution is 2.47. The predicted molar refractivity (Wildman–Crippen MR) is 188 cm³/mol. The Labute approximate surface area is 263 Å². The molecule has 0 saturated carbocycles. The minimum absolute atomic E-state index is 0.817. The fourth-order valence-corrected chi connectivity index (χ4v) is 6.98. The van der Waals surface area contributed by atoms with Crippen molar-refractivity contribution >= 4 is 82.9 Å². The van der Waals surface area contributed by atoms with Gasteiger partial charge in [0.15, 0.2) is 5.58 Å². The van der Waals surface area contributed by atoms with E-state index < -0.39 is 0 Å². The molecule has 3 aromatic heterocycles. The summed E-state index contributed by atoms with van der Waals surface area (Å²) in [5, 5.41) is 6.54. The monoisotopic (exact) mass is 591 g/mol. The first-order valence-corrected chi connectivity index (χ1v) is 15.4. The number of rotatable bonds is 4. The summed E-state index contributed by atoms with van der Waals surface area (Å²) in [6.07, 6.45) is 0. The van der Waals surface area contributed by atoms with Crippen molar-refractivity contribution in [2.75, 3.05) is 4.90 Å². The van der Waals surface area contributed by atoms with E-state index in [1.54, 1.807) is 0 Å². The van der Waals surface area contributed by atoms with Gasteiger partial charge >= 0.3 is 0 Å². The van der Waals surface area contributed by atoms with Crippen LogP contribution in [0.4, 0.5) is 17.1 Å². The lowest BCUT2D eigenvalue weighted by Crippen LogP contribution is -2.10. The van der Waals surface area contributed by atoms with Crippen LogP contribution in [0.25, 0.3) is 76.9 Å². The standard InChI is InChI=1S/C42H25NO3/c1-2-10-26(11-3-1)29-22-23-35(42-41(29)34-14-6-9-17-38(34)46-42)43(27-18-20-32-30-12-4-7-15-36(30)44-39(32)24-27)28-19-21-33-31-13-5-8-16-37(31)45-40(33)25-28/h1-25H. The van der Waals surface area contributed by atoms with Crippen LogP contribution in [0.2, 0.25) is 0 Å². The minimum atomic E-state index is 0.817. The number of hydrogen-bond acceptors (Lipinski definition) is 4. The van der Waals surface area contributed by atoms with Crippen LogP contribution in [0.1, 0.15) is 0 Å². The highest BCUT2D eigenvalue weighted by atomic mass is 16.3. The van der Waals surface area contributed by atoms with Crippen molar-refractivity contribution in [3.05, 3.63) is 152 Å². The summed E-state index contributed by atoms with van der Waals surface area (Å²) in [6, 6.07) is 52.4. The third-order valence-corrected chi connectivity index (χ3v) is 9.07. The maximum Gasteiger partial charge on any atom is 0.160 e. The van der Waals surface area contributed by atoms with Gasteiger partial charge in [0.05, 0.1) is 17.1 Å². The van der Waals surface area contributed by atoms with Gasteiger partial charge in [0.1, 0.15) is 27.9 Å². The number of para-hydroxylation sites is 3. The Morgan fingerprint density at radius 1 is 0.370 bits per heavy atom. The van der Waals surface area contributed by atoms with Crippen molar-refractivity contribution in [2.45, 2.75) is 0 Å². The van der Waals surface area contributed by atoms with Gasteiger partial charge in [-0.2, -0.15) is 0 Å². The summed E-state index contributed by atoms with van der Waals surface area (Å²) in [7, 11) is 0. The lowest BCUT2D eigenvalue weighted by Gasteiger charge is -2.26. The molecule has 0 N–H and O–H groups in total. The molecule has 0 unspecified atom stereocenters. The first-order chi connectivity index (χ1) is 22.8. The molecule has 0 radical (unpaired) electrons. The third kappa shape index (κ3) is 3.67. The summed E-state index contributed by atoms with van der Waals surface area (Å²) >= 11 is 0. The van der Waals surface area contributed by atoms with E-state index in [2.05, 4.69) is 102 Å². The number of fused-ring (bicyclic) bond motifs is 9. The molecule has 3 heterocycles. The Hall–Kier alpha value is -6.26. The molecule has 0 spiro atoms. The van der Waals surface area contributed by atoms with E-state index in [0.29, 0.717) is 0 Å². The SMILES string of the molecule is c1ccc(-c2ccc(N(c3ccc4c(c3)oc3ccccc34)c3ccc4c(c3)oc3ccccc34)c3oc4ccccc4c23)cc1. The van der Waals surface area contributed by atoms with Crippen molar-refractivity contribution in [3.8, 4) is 11.1 Å². The Bertz CT molecular complexity index is 2650. The van der Waals surface area contributed by atoms with E-state index in [4.69, 9.17) is 13.3 Å². The molecule has 0 saturated heterocycles. The first-order valence-electron chi connectivity index (χ1n) is 15.4. The van der Waals surface area contributed by atoms with Crippen LogP contribution in [0.3, 0.4) is 0 Å². The maximum atomic E-state index is 6.75. The van der Waals surface area contributed by atoms with Gasteiger partial charge in [-0.05, 0) is 59.7 Å². The zero-order chi connectivity index (χ0) is 30.2. The number of benzene rings is 7. The van der Waals surface area contributed by atoms with E-state index in [9.17, 15) is 0 Å². The Balaban J connectivity index is 1.27. The van der Waals surface area contributed by atoms with Crippen LogP contribution in [0.5, 0.6) is 0 Å². The molecular formula is C42H25NO3. The van der Waals surface area contributed by atoms with E-state index >= 15 is 0 Å². The van der Waals surface area contributed by atoms with Gasteiger partial charge in [-0.15, -0.1) is 0 Å². The number of furan rings is 3. The number of hydrogen-bond donors (Lipinski definition) is 0. The molecule has 216 valence electrons. The second-order valence-electron chi connectivity index (χ2n) is 11.7. The molecule has 0 aliphatic heterocycles. The molecular weight excluding hydrogens is 566 g/mol. The smallest absolute Gasteiger partial charge is 0.160 e. The van der Waals surface area contributed by atoms with Crippen molar-refractivity contribution < 1.29 is 13.3 Å². The molecule has 4 nitrogen and oxygen atoms in total. The van der Waals surface area contributed by atoms with Crippen LogP contribution < -0.4 is 4.90 Å². The normalized spacial score (nSPS) is 11.9. The topological polar surface area (TPSA) is 42.7 Å². The average Bonchev–Trinajstić information content (AvgIpc) is 3.80. The van der Waals surface area contributed by atoms with Crippen molar-refractivity contribution in [2.24, 2.45) is 0 Å². The van der Waals surface area contributed by atoms with Gasteiger partial charge in [0.25, 0.3) is 0 Å². The second kappa shape index (κ2) is 9.62. The summed E-state index contributed by atoms with van der Waals surface area (Å²) in [6.45, 7) is 0. The predicted octanol–water partition coefficient (Wildman–Crippen LogP) is 12.5. The van der Waals surface area contributed by atoms with Gasteiger partial charge in [-0.25, -0.2) is 0 Å². The lowest BCUT2D eigenvalue weighted by atomic mass is 9.98. The molecule has 0 aliphatic carbocycles. The Kier molecular flexibility index (Phi) is 5.25. The van der Waals surface area contributed by atoms with E-state index in [0.717, 1.165) is 94.0 Å². The fraction of sp³-hybridized carbons (Fsp3) is 0. The van der Waals surface area contributed by atoms with E-state index in [1.165, 1.54) is 0 Å². The van der Waals surface area contributed by atoms with Gasteiger partial charge in [0.2, 0.25) is 0 Å². The molecule has 0 aliphatic rings. The van der Waals surface area contributed by atoms with E-state index in [-0.39, 0.29) is 0 Å². The molecule has 4 heteroatoms. The molecule has 0 fully saturated rings. The zero-order valence-electron chi connectivity index (χ0n) is 24.6. The third-order valence-electron chi connectivity index (χ3n) is 9.07. The maximum absolute atomic E-state index is 6.75.